The van der Waals surface area contributed by atoms with E-state index in [0.717, 1.165) is 24.3 Å². The Labute approximate surface area is 131 Å². The predicted molar refractivity (Wildman–Crippen MR) is 77.5 cm³/mol. The van der Waals surface area contributed by atoms with Crippen LogP contribution in [0.3, 0.4) is 0 Å². The maximum absolute atomic E-state index is 13.7. The van der Waals surface area contributed by atoms with Crippen LogP contribution >= 0.6 is 0 Å². The second-order valence-corrected chi connectivity index (χ2v) is 6.95. The zero-order valence-electron chi connectivity index (χ0n) is 12.1. The molecular weight excluding hydrogens is 331 g/mol. The Hall–Kier alpha value is -1.90. The molecule has 2 rings (SSSR count). The van der Waals surface area contributed by atoms with Crippen molar-refractivity contribution in [3.8, 4) is 0 Å². The fourth-order valence-electron chi connectivity index (χ4n) is 1.97. The topological polar surface area (TPSA) is 66.4 Å². The van der Waals surface area contributed by atoms with E-state index in [1.807, 2.05) is 0 Å². The summed E-state index contributed by atoms with van der Waals surface area (Å²) in [6, 6.07) is 6.87. The smallest absolute Gasteiger partial charge is 0.240 e. The largest absolute Gasteiger partial charge is 0.384 e. The van der Waals surface area contributed by atoms with Gasteiger partial charge in [0.2, 0.25) is 10.0 Å². The lowest BCUT2D eigenvalue weighted by Crippen LogP contribution is -2.39. The minimum Gasteiger partial charge on any atom is -0.384 e. The van der Waals surface area contributed by atoms with Gasteiger partial charge in [0.1, 0.15) is 23.1 Å². The van der Waals surface area contributed by atoms with Gasteiger partial charge in [-0.05, 0) is 31.2 Å². The van der Waals surface area contributed by atoms with Crippen molar-refractivity contribution in [1.29, 1.82) is 0 Å². The lowest BCUT2D eigenvalue weighted by molar-refractivity contribution is 0.0588. The van der Waals surface area contributed by atoms with Crippen molar-refractivity contribution < 1.29 is 26.7 Å². The first-order valence-corrected chi connectivity index (χ1v) is 8.03. The fourth-order valence-corrected chi connectivity index (χ4v) is 3.14. The zero-order valence-corrected chi connectivity index (χ0v) is 12.9. The third kappa shape index (κ3) is 4.10. The van der Waals surface area contributed by atoms with Gasteiger partial charge in [-0.2, -0.15) is 0 Å². The van der Waals surface area contributed by atoms with Crippen molar-refractivity contribution in [3.63, 3.8) is 0 Å². The Balaban J connectivity index is 2.21. The van der Waals surface area contributed by atoms with Crippen LogP contribution in [-0.4, -0.2) is 20.1 Å². The molecule has 2 aromatic carbocycles. The highest BCUT2D eigenvalue weighted by Crippen LogP contribution is 2.24. The van der Waals surface area contributed by atoms with Crippen LogP contribution < -0.4 is 4.72 Å². The van der Waals surface area contributed by atoms with Gasteiger partial charge in [-0.25, -0.2) is 26.3 Å². The third-order valence-corrected chi connectivity index (χ3v) is 4.62. The summed E-state index contributed by atoms with van der Waals surface area (Å²) in [5.74, 6) is -2.55. The van der Waals surface area contributed by atoms with Gasteiger partial charge < -0.3 is 5.11 Å². The Bertz CT molecular complexity index is 822. The van der Waals surface area contributed by atoms with Crippen LogP contribution in [0.4, 0.5) is 13.2 Å². The number of sulfonamides is 1. The summed E-state index contributed by atoms with van der Waals surface area (Å²) >= 11 is 0. The highest BCUT2D eigenvalue weighted by Gasteiger charge is 2.29. The van der Waals surface area contributed by atoms with E-state index in [2.05, 4.69) is 4.72 Å². The van der Waals surface area contributed by atoms with E-state index in [0.29, 0.717) is 6.07 Å². The van der Waals surface area contributed by atoms with Gasteiger partial charge in [-0.15, -0.1) is 0 Å². The summed E-state index contributed by atoms with van der Waals surface area (Å²) in [6.07, 6.45) is 0. The molecule has 0 aliphatic rings. The minimum atomic E-state index is -4.09. The normalized spacial score (nSPS) is 14.5. The van der Waals surface area contributed by atoms with Crippen LogP contribution in [0.15, 0.2) is 47.4 Å². The highest BCUT2D eigenvalue weighted by atomic mass is 32.2. The molecule has 0 aromatic heterocycles. The first kappa shape index (κ1) is 17.5. The van der Waals surface area contributed by atoms with E-state index in [1.165, 1.54) is 19.1 Å². The number of aliphatic hydroxyl groups is 1. The SMILES string of the molecule is CC(O)(CNS(=O)(=O)c1cccc(F)c1)c1ccc(F)cc1F. The maximum atomic E-state index is 13.7. The summed E-state index contributed by atoms with van der Waals surface area (Å²) in [6.45, 7) is 0.603. The van der Waals surface area contributed by atoms with Crippen LogP contribution in [0.25, 0.3) is 0 Å². The first-order chi connectivity index (χ1) is 10.6. The van der Waals surface area contributed by atoms with Crippen LogP contribution in [0, 0.1) is 17.5 Å². The molecule has 124 valence electrons. The molecule has 0 radical (unpaired) electrons. The number of halogens is 3. The van der Waals surface area contributed by atoms with Gasteiger partial charge in [-0.3, -0.25) is 0 Å². The van der Waals surface area contributed by atoms with E-state index in [4.69, 9.17) is 0 Å². The average molecular weight is 345 g/mol. The van der Waals surface area contributed by atoms with Gasteiger partial charge in [0.25, 0.3) is 0 Å². The third-order valence-electron chi connectivity index (χ3n) is 3.22. The van der Waals surface area contributed by atoms with Crippen molar-refractivity contribution in [1.82, 2.24) is 4.72 Å². The van der Waals surface area contributed by atoms with Crippen molar-refractivity contribution >= 4 is 10.0 Å². The van der Waals surface area contributed by atoms with Crippen molar-refractivity contribution in [2.24, 2.45) is 0 Å². The number of nitrogens with one attached hydrogen (secondary N) is 1. The number of benzene rings is 2. The Morgan fingerprint density at radius 3 is 2.35 bits per heavy atom. The number of rotatable bonds is 5. The number of hydrogen-bond donors (Lipinski definition) is 2. The van der Waals surface area contributed by atoms with Gasteiger partial charge in [-0.1, -0.05) is 12.1 Å². The van der Waals surface area contributed by atoms with Crippen molar-refractivity contribution in [2.45, 2.75) is 17.4 Å². The molecule has 23 heavy (non-hydrogen) atoms. The molecule has 0 spiro atoms. The van der Waals surface area contributed by atoms with Crippen LogP contribution in [0.5, 0.6) is 0 Å². The molecule has 0 aliphatic carbocycles. The molecule has 1 unspecified atom stereocenters. The van der Waals surface area contributed by atoms with E-state index >= 15 is 0 Å². The van der Waals surface area contributed by atoms with Gasteiger partial charge in [0.05, 0.1) is 4.90 Å². The number of hydrogen-bond acceptors (Lipinski definition) is 3. The predicted octanol–water partition coefficient (Wildman–Crippen LogP) is 2.29. The molecule has 4 nitrogen and oxygen atoms in total. The van der Waals surface area contributed by atoms with E-state index in [9.17, 15) is 26.7 Å². The monoisotopic (exact) mass is 345 g/mol. The summed E-state index contributed by atoms with van der Waals surface area (Å²) in [7, 11) is -4.09. The fraction of sp³-hybridized carbons (Fsp3) is 0.200. The van der Waals surface area contributed by atoms with E-state index in [1.54, 1.807) is 0 Å². The Morgan fingerprint density at radius 1 is 1.09 bits per heavy atom. The standard InChI is InChI=1S/C15H14F3NO3S/c1-15(20,13-6-5-11(17)8-14(13)18)9-19-23(21,22)12-4-2-3-10(16)7-12/h2-8,19-20H,9H2,1H3. The maximum Gasteiger partial charge on any atom is 0.240 e. The molecule has 1 atom stereocenters. The van der Waals surface area contributed by atoms with Gasteiger partial charge >= 0.3 is 0 Å². The summed E-state index contributed by atoms with van der Waals surface area (Å²) in [5.41, 5.74) is -2.18. The molecule has 0 bridgehead atoms. The highest BCUT2D eigenvalue weighted by molar-refractivity contribution is 7.89. The Kier molecular flexibility index (Phi) is 4.79. The summed E-state index contributed by atoms with van der Waals surface area (Å²) in [5, 5.41) is 10.3. The first-order valence-electron chi connectivity index (χ1n) is 6.55. The second kappa shape index (κ2) is 6.31. The quantitative estimate of drug-likeness (QED) is 0.874. The van der Waals surface area contributed by atoms with Gasteiger partial charge in [0.15, 0.2) is 0 Å². The summed E-state index contributed by atoms with van der Waals surface area (Å²) in [4.78, 5) is -0.326. The molecule has 0 heterocycles. The Morgan fingerprint density at radius 2 is 1.74 bits per heavy atom. The lowest BCUT2D eigenvalue weighted by atomic mass is 9.96. The molecule has 0 saturated carbocycles. The molecule has 0 aliphatic heterocycles. The molecule has 2 aromatic rings. The second-order valence-electron chi connectivity index (χ2n) is 5.18. The minimum absolute atomic E-state index is 0.263. The molecule has 8 heteroatoms. The van der Waals surface area contributed by atoms with E-state index < -0.39 is 39.6 Å². The van der Waals surface area contributed by atoms with Crippen LogP contribution in [0.2, 0.25) is 0 Å². The zero-order chi connectivity index (χ0) is 17.3. The van der Waals surface area contributed by atoms with Crippen molar-refractivity contribution in [3.05, 3.63) is 65.5 Å². The molecule has 0 saturated heterocycles. The molecule has 0 fully saturated rings. The van der Waals surface area contributed by atoms with Crippen molar-refractivity contribution in [2.75, 3.05) is 6.54 Å². The van der Waals surface area contributed by atoms with Gasteiger partial charge in [0, 0.05) is 18.2 Å². The molecular formula is C15H14F3NO3S. The molecule has 2 N–H and O–H groups in total. The lowest BCUT2D eigenvalue weighted by Gasteiger charge is -2.24. The summed E-state index contributed by atoms with van der Waals surface area (Å²) < 4.78 is 65.9. The van der Waals surface area contributed by atoms with E-state index in [-0.39, 0.29) is 10.5 Å². The average Bonchev–Trinajstić information content (AvgIpc) is 2.45. The molecule has 0 amide bonds. The van der Waals surface area contributed by atoms with Crippen LogP contribution in [-0.2, 0) is 15.6 Å². The van der Waals surface area contributed by atoms with Crippen LogP contribution in [0.1, 0.15) is 12.5 Å².